The van der Waals surface area contributed by atoms with Gasteiger partial charge in [-0.1, -0.05) is 6.92 Å². The van der Waals surface area contributed by atoms with E-state index in [9.17, 15) is 18.5 Å². The van der Waals surface area contributed by atoms with E-state index in [1.54, 1.807) is 14.0 Å². The van der Waals surface area contributed by atoms with Crippen molar-refractivity contribution in [3.05, 3.63) is 33.9 Å². The number of nitro groups is 1. The average molecular weight is 341 g/mol. The van der Waals surface area contributed by atoms with Gasteiger partial charge in [-0.3, -0.25) is 10.1 Å². The number of hydrogen-bond acceptors (Lipinski definition) is 5. The zero-order valence-corrected chi connectivity index (χ0v) is 14.7. The molecule has 0 radical (unpaired) electrons. The van der Waals surface area contributed by atoms with Crippen LogP contribution in [0.2, 0.25) is 0 Å². The summed E-state index contributed by atoms with van der Waals surface area (Å²) in [5, 5.41) is 10.9. The Morgan fingerprint density at radius 1 is 1.39 bits per heavy atom. The van der Waals surface area contributed by atoms with Gasteiger partial charge in [0.2, 0.25) is 10.0 Å². The Morgan fingerprint density at radius 3 is 2.57 bits per heavy atom. The Kier molecular flexibility index (Phi) is 5.07. The van der Waals surface area contributed by atoms with Crippen molar-refractivity contribution in [1.82, 2.24) is 9.21 Å². The molecule has 7 nitrogen and oxygen atoms in total. The molecule has 8 heteroatoms. The molecule has 23 heavy (non-hydrogen) atoms. The van der Waals surface area contributed by atoms with Crippen LogP contribution in [0.1, 0.15) is 18.9 Å². The van der Waals surface area contributed by atoms with Crippen molar-refractivity contribution >= 4 is 15.7 Å². The Bertz CT molecular complexity index is 705. The fourth-order valence-electron chi connectivity index (χ4n) is 3.22. The fourth-order valence-corrected chi connectivity index (χ4v) is 4.79. The van der Waals surface area contributed by atoms with Crippen LogP contribution in [0.5, 0.6) is 0 Å². The molecule has 1 saturated heterocycles. The Balaban J connectivity index is 2.30. The maximum Gasteiger partial charge on any atom is 0.272 e. The number of benzene rings is 1. The standard InChI is InChI=1S/C15H23N3O4S/c1-11-9-13(5-6-15(11)18(19)20)23(21,22)17(4)14-7-8-16(3)10-12(14)2/h5-6,9,12,14H,7-8,10H2,1-4H3/t12-,14+/m0/s1. The van der Waals surface area contributed by atoms with Crippen molar-refractivity contribution in [3.63, 3.8) is 0 Å². The SMILES string of the molecule is Cc1cc(S(=O)(=O)N(C)[C@@H]2CCN(C)C[C@@H]2C)ccc1[N+](=O)[O-]. The molecule has 1 aromatic carbocycles. The molecule has 0 bridgehead atoms. The fraction of sp³-hybridized carbons (Fsp3) is 0.600. The summed E-state index contributed by atoms with van der Waals surface area (Å²) in [5.74, 6) is 0.229. The largest absolute Gasteiger partial charge is 0.306 e. The molecule has 0 unspecified atom stereocenters. The van der Waals surface area contributed by atoms with E-state index in [2.05, 4.69) is 4.90 Å². The lowest BCUT2D eigenvalue weighted by atomic mass is 9.94. The van der Waals surface area contributed by atoms with Gasteiger partial charge in [-0.25, -0.2) is 8.42 Å². The van der Waals surface area contributed by atoms with Crippen LogP contribution in [0.15, 0.2) is 23.1 Å². The van der Waals surface area contributed by atoms with E-state index in [1.165, 1.54) is 22.5 Å². The number of piperidine rings is 1. The molecule has 2 atom stereocenters. The minimum atomic E-state index is -3.66. The lowest BCUT2D eigenvalue weighted by Gasteiger charge is -2.39. The lowest BCUT2D eigenvalue weighted by Crippen LogP contribution is -2.49. The van der Waals surface area contributed by atoms with Crippen molar-refractivity contribution in [2.45, 2.75) is 31.2 Å². The quantitative estimate of drug-likeness (QED) is 0.616. The maximum atomic E-state index is 12.8. The number of sulfonamides is 1. The van der Waals surface area contributed by atoms with E-state index in [-0.39, 0.29) is 22.5 Å². The summed E-state index contributed by atoms with van der Waals surface area (Å²) in [6.07, 6.45) is 0.777. The molecule has 1 heterocycles. The smallest absolute Gasteiger partial charge is 0.272 e. The van der Waals surface area contributed by atoms with Crippen LogP contribution < -0.4 is 0 Å². The van der Waals surface area contributed by atoms with Gasteiger partial charge in [0, 0.05) is 31.3 Å². The highest BCUT2D eigenvalue weighted by Gasteiger charge is 2.34. The molecular weight excluding hydrogens is 318 g/mol. The van der Waals surface area contributed by atoms with Gasteiger partial charge >= 0.3 is 0 Å². The highest BCUT2D eigenvalue weighted by Crippen LogP contribution is 2.28. The van der Waals surface area contributed by atoms with Crippen LogP contribution >= 0.6 is 0 Å². The van der Waals surface area contributed by atoms with E-state index in [1.807, 2.05) is 14.0 Å². The lowest BCUT2D eigenvalue weighted by molar-refractivity contribution is -0.385. The van der Waals surface area contributed by atoms with Gasteiger partial charge in [-0.05, 0) is 45.0 Å². The van der Waals surface area contributed by atoms with Crippen LogP contribution in [-0.2, 0) is 10.0 Å². The molecular formula is C15H23N3O4S. The van der Waals surface area contributed by atoms with E-state index < -0.39 is 14.9 Å². The first-order valence-corrected chi connectivity index (χ1v) is 9.00. The Hall–Kier alpha value is -1.51. The predicted octanol–water partition coefficient (Wildman–Crippen LogP) is 1.86. The summed E-state index contributed by atoms with van der Waals surface area (Å²) in [4.78, 5) is 12.7. The highest BCUT2D eigenvalue weighted by atomic mass is 32.2. The number of nitro benzene ring substituents is 1. The zero-order chi connectivity index (χ0) is 17.4. The van der Waals surface area contributed by atoms with Crippen LogP contribution in [-0.4, -0.2) is 55.8 Å². The summed E-state index contributed by atoms with van der Waals surface area (Å²) in [7, 11) is -0.0373. The molecule has 0 amide bonds. The van der Waals surface area contributed by atoms with Crippen molar-refractivity contribution in [2.75, 3.05) is 27.2 Å². The van der Waals surface area contributed by atoms with E-state index >= 15 is 0 Å². The second-order valence-corrected chi connectivity index (χ2v) is 8.32. The highest BCUT2D eigenvalue weighted by molar-refractivity contribution is 7.89. The van der Waals surface area contributed by atoms with E-state index in [4.69, 9.17) is 0 Å². The summed E-state index contributed by atoms with van der Waals surface area (Å²) in [5.41, 5.74) is 0.278. The molecule has 1 aliphatic heterocycles. The zero-order valence-electron chi connectivity index (χ0n) is 13.9. The number of rotatable bonds is 4. The summed E-state index contributed by atoms with van der Waals surface area (Å²) in [6.45, 7) is 5.31. The number of aryl methyl sites for hydroxylation is 1. The second kappa shape index (κ2) is 6.54. The first-order chi connectivity index (χ1) is 10.6. The van der Waals surface area contributed by atoms with Crippen molar-refractivity contribution in [2.24, 2.45) is 5.92 Å². The van der Waals surface area contributed by atoms with Crippen LogP contribution in [0, 0.1) is 23.0 Å². The monoisotopic (exact) mass is 341 g/mol. The molecule has 0 spiro atoms. The van der Waals surface area contributed by atoms with Crippen LogP contribution in [0.3, 0.4) is 0 Å². The van der Waals surface area contributed by atoms with Gasteiger partial charge in [0.25, 0.3) is 5.69 Å². The van der Waals surface area contributed by atoms with Gasteiger partial charge in [-0.2, -0.15) is 4.31 Å². The number of nitrogens with zero attached hydrogens (tertiary/aromatic N) is 3. The maximum absolute atomic E-state index is 12.8. The van der Waals surface area contributed by atoms with Crippen LogP contribution in [0.25, 0.3) is 0 Å². The molecule has 0 saturated carbocycles. The summed E-state index contributed by atoms with van der Waals surface area (Å²) < 4.78 is 27.1. The van der Waals surface area contributed by atoms with Gasteiger partial charge in [0.1, 0.15) is 0 Å². The topological polar surface area (TPSA) is 83.8 Å². The minimum Gasteiger partial charge on any atom is -0.306 e. The van der Waals surface area contributed by atoms with E-state index in [0.717, 1.165) is 19.5 Å². The minimum absolute atomic E-state index is 0.0632. The second-order valence-electron chi connectivity index (χ2n) is 6.32. The molecule has 0 N–H and O–H groups in total. The third kappa shape index (κ3) is 3.54. The van der Waals surface area contributed by atoms with Gasteiger partial charge in [0.05, 0.1) is 9.82 Å². The molecule has 1 aliphatic rings. The van der Waals surface area contributed by atoms with Crippen molar-refractivity contribution < 1.29 is 13.3 Å². The van der Waals surface area contributed by atoms with Gasteiger partial charge < -0.3 is 4.90 Å². The third-order valence-corrected chi connectivity index (χ3v) is 6.45. The number of likely N-dealkylation sites (tertiary alicyclic amines) is 1. The first kappa shape index (κ1) is 17.8. The Labute approximate surface area is 137 Å². The summed E-state index contributed by atoms with van der Waals surface area (Å²) >= 11 is 0. The number of hydrogen-bond donors (Lipinski definition) is 0. The molecule has 1 aromatic rings. The Morgan fingerprint density at radius 2 is 2.04 bits per heavy atom. The normalized spacial score (nSPS) is 23.2. The first-order valence-electron chi connectivity index (χ1n) is 7.56. The summed E-state index contributed by atoms with van der Waals surface area (Å²) in [6, 6.07) is 3.89. The van der Waals surface area contributed by atoms with Gasteiger partial charge in [0.15, 0.2) is 0 Å². The molecule has 0 aromatic heterocycles. The van der Waals surface area contributed by atoms with Crippen molar-refractivity contribution in [3.8, 4) is 0 Å². The van der Waals surface area contributed by atoms with E-state index in [0.29, 0.717) is 5.56 Å². The third-order valence-electron chi connectivity index (χ3n) is 4.57. The van der Waals surface area contributed by atoms with Crippen molar-refractivity contribution in [1.29, 1.82) is 0 Å². The molecule has 128 valence electrons. The molecule has 1 fully saturated rings. The van der Waals surface area contributed by atoms with Gasteiger partial charge in [-0.15, -0.1) is 0 Å². The average Bonchev–Trinajstić information content (AvgIpc) is 2.46. The predicted molar refractivity (Wildman–Crippen MR) is 87.8 cm³/mol. The molecule has 0 aliphatic carbocycles. The van der Waals surface area contributed by atoms with Crippen LogP contribution in [0.4, 0.5) is 5.69 Å². The molecule has 2 rings (SSSR count).